The van der Waals surface area contributed by atoms with Crippen LogP contribution in [0.1, 0.15) is 23.0 Å². The van der Waals surface area contributed by atoms with Gasteiger partial charge in [0.15, 0.2) is 0 Å². The van der Waals surface area contributed by atoms with E-state index in [1.54, 1.807) is 11.3 Å². The molecule has 2 heterocycles. The first kappa shape index (κ1) is 11.5. The summed E-state index contributed by atoms with van der Waals surface area (Å²) in [5.41, 5.74) is 1.13. The fourth-order valence-corrected chi connectivity index (χ4v) is 2.83. The van der Waals surface area contributed by atoms with Crippen LogP contribution in [0.25, 0.3) is 0 Å². The molecule has 0 saturated carbocycles. The maximum absolute atomic E-state index is 11.1. The van der Waals surface area contributed by atoms with Crippen LogP contribution in [0.5, 0.6) is 0 Å². The molecule has 1 aromatic rings. The quantitative estimate of drug-likeness (QED) is 0.746. The zero-order chi connectivity index (χ0) is 11.5. The third kappa shape index (κ3) is 2.59. The maximum atomic E-state index is 11.1. The number of ether oxygens (including phenoxy) is 1. The number of likely N-dealkylation sites (N-methyl/N-ethyl adjacent to an activating group) is 1. The third-order valence-corrected chi connectivity index (χ3v) is 3.77. The molecule has 0 radical (unpaired) electrons. The minimum absolute atomic E-state index is 0.218. The van der Waals surface area contributed by atoms with E-state index in [0.717, 1.165) is 30.2 Å². The van der Waals surface area contributed by atoms with E-state index < -0.39 is 0 Å². The van der Waals surface area contributed by atoms with Gasteiger partial charge in [-0.05, 0) is 20.0 Å². The molecule has 1 fully saturated rings. The molecule has 2 rings (SSSR count). The SMILES string of the molecule is COC(=O)Cc1nc(C2CCN(C)C2)cs1. The van der Waals surface area contributed by atoms with Crippen molar-refractivity contribution >= 4 is 17.3 Å². The second-order valence-electron chi connectivity index (χ2n) is 4.17. The number of hydrogen-bond donors (Lipinski definition) is 0. The van der Waals surface area contributed by atoms with Crippen LogP contribution >= 0.6 is 11.3 Å². The summed E-state index contributed by atoms with van der Waals surface area (Å²) in [4.78, 5) is 17.9. The minimum atomic E-state index is -0.218. The lowest BCUT2D eigenvalue weighted by Crippen LogP contribution is -2.13. The van der Waals surface area contributed by atoms with Gasteiger partial charge in [0.2, 0.25) is 0 Å². The van der Waals surface area contributed by atoms with Crippen molar-refractivity contribution in [2.45, 2.75) is 18.8 Å². The lowest BCUT2D eigenvalue weighted by molar-refractivity contribution is -0.139. The Morgan fingerprint density at radius 3 is 3.19 bits per heavy atom. The topological polar surface area (TPSA) is 42.4 Å². The van der Waals surface area contributed by atoms with Crippen molar-refractivity contribution < 1.29 is 9.53 Å². The number of hydrogen-bond acceptors (Lipinski definition) is 5. The molecule has 0 bridgehead atoms. The molecule has 5 heteroatoms. The van der Waals surface area contributed by atoms with Crippen molar-refractivity contribution in [3.63, 3.8) is 0 Å². The zero-order valence-electron chi connectivity index (χ0n) is 9.60. The second kappa shape index (κ2) is 4.93. The molecule has 1 aromatic heterocycles. The first-order valence-corrected chi connectivity index (χ1v) is 6.26. The standard InChI is InChI=1S/C11H16N2O2S/c1-13-4-3-8(6-13)9-7-16-10(12-9)5-11(14)15-2/h7-8H,3-6H2,1-2H3. The average molecular weight is 240 g/mol. The summed E-state index contributed by atoms with van der Waals surface area (Å²) in [6.07, 6.45) is 1.46. The summed E-state index contributed by atoms with van der Waals surface area (Å²) >= 11 is 1.55. The molecule has 88 valence electrons. The average Bonchev–Trinajstić information content (AvgIpc) is 2.87. The van der Waals surface area contributed by atoms with Crippen LogP contribution in [-0.4, -0.2) is 43.1 Å². The molecule has 1 aliphatic heterocycles. The summed E-state index contributed by atoms with van der Waals surface area (Å²) in [5.74, 6) is 0.317. The van der Waals surface area contributed by atoms with Crippen molar-refractivity contribution in [3.8, 4) is 0 Å². The summed E-state index contributed by atoms with van der Waals surface area (Å²) in [5, 5.41) is 2.93. The van der Waals surface area contributed by atoms with E-state index in [1.807, 2.05) is 0 Å². The molecule has 0 N–H and O–H groups in total. The van der Waals surface area contributed by atoms with Crippen LogP contribution in [-0.2, 0) is 16.0 Å². The molecule has 0 aromatic carbocycles. The Hall–Kier alpha value is -0.940. The molecule has 1 saturated heterocycles. The fraction of sp³-hybridized carbons (Fsp3) is 0.636. The van der Waals surface area contributed by atoms with Gasteiger partial charge in [-0.25, -0.2) is 4.98 Å². The van der Waals surface area contributed by atoms with Gasteiger partial charge in [0, 0.05) is 17.8 Å². The van der Waals surface area contributed by atoms with Gasteiger partial charge in [0.1, 0.15) is 5.01 Å². The van der Waals surface area contributed by atoms with E-state index in [0.29, 0.717) is 12.3 Å². The number of carbonyl (C=O) groups is 1. The van der Waals surface area contributed by atoms with E-state index in [-0.39, 0.29) is 5.97 Å². The summed E-state index contributed by atoms with van der Waals surface area (Å²) < 4.78 is 4.63. The molecular weight excluding hydrogens is 224 g/mol. The van der Waals surface area contributed by atoms with E-state index in [9.17, 15) is 4.79 Å². The Labute approximate surface area is 99.2 Å². The predicted molar refractivity (Wildman–Crippen MR) is 62.7 cm³/mol. The van der Waals surface area contributed by atoms with Crippen LogP contribution in [0.2, 0.25) is 0 Å². The number of aromatic nitrogens is 1. The lowest BCUT2D eigenvalue weighted by Gasteiger charge is -2.06. The Kier molecular flexibility index (Phi) is 3.56. The first-order valence-electron chi connectivity index (χ1n) is 5.38. The molecule has 0 aliphatic carbocycles. The monoisotopic (exact) mass is 240 g/mol. The fourth-order valence-electron chi connectivity index (χ4n) is 1.97. The lowest BCUT2D eigenvalue weighted by atomic mass is 10.1. The molecule has 0 amide bonds. The number of nitrogens with zero attached hydrogens (tertiary/aromatic N) is 2. The van der Waals surface area contributed by atoms with Gasteiger partial charge in [-0.3, -0.25) is 4.79 Å². The molecular formula is C11H16N2O2S. The predicted octanol–water partition coefficient (Wildman–Crippen LogP) is 1.28. The van der Waals surface area contributed by atoms with Crippen LogP contribution < -0.4 is 0 Å². The van der Waals surface area contributed by atoms with Gasteiger partial charge < -0.3 is 9.64 Å². The summed E-state index contributed by atoms with van der Waals surface area (Å²) in [6, 6.07) is 0. The highest BCUT2D eigenvalue weighted by molar-refractivity contribution is 7.09. The highest BCUT2D eigenvalue weighted by Gasteiger charge is 2.23. The van der Waals surface area contributed by atoms with Crippen LogP contribution in [0.3, 0.4) is 0 Å². The molecule has 1 atom stereocenters. The van der Waals surface area contributed by atoms with Crippen LogP contribution in [0, 0.1) is 0 Å². The molecule has 4 nitrogen and oxygen atoms in total. The Morgan fingerprint density at radius 1 is 1.75 bits per heavy atom. The molecule has 16 heavy (non-hydrogen) atoms. The van der Waals surface area contributed by atoms with Gasteiger partial charge in [-0.15, -0.1) is 11.3 Å². The highest BCUT2D eigenvalue weighted by Crippen LogP contribution is 2.27. The van der Waals surface area contributed by atoms with Gasteiger partial charge in [-0.1, -0.05) is 0 Å². The maximum Gasteiger partial charge on any atom is 0.312 e. The Morgan fingerprint density at radius 2 is 2.56 bits per heavy atom. The summed E-state index contributed by atoms with van der Waals surface area (Å²) in [6.45, 7) is 2.20. The van der Waals surface area contributed by atoms with Crippen LogP contribution in [0.15, 0.2) is 5.38 Å². The number of methoxy groups -OCH3 is 1. The summed E-state index contributed by atoms with van der Waals surface area (Å²) in [7, 11) is 3.53. The van der Waals surface area contributed by atoms with Crippen molar-refractivity contribution in [2.75, 3.05) is 27.2 Å². The van der Waals surface area contributed by atoms with E-state index >= 15 is 0 Å². The first-order chi connectivity index (χ1) is 7.69. The van der Waals surface area contributed by atoms with E-state index in [1.165, 1.54) is 7.11 Å². The van der Waals surface area contributed by atoms with Crippen molar-refractivity contribution in [1.29, 1.82) is 0 Å². The van der Waals surface area contributed by atoms with Crippen LogP contribution in [0.4, 0.5) is 0 Å². The largest absolute Gasteiger partial charge is 0.469 e. The number of thiazole rings is 1. The van der Waals surface area contributed by atoms with Gasteiger partial charge in [-0.2, -0.15) is 0 Å². The van der Waals surface area contributed by atoms with E-state index in [4.69, 9.17) is 0 Å². The highest BCUT2D eigenvalue weighted by atomic mass is 32.1. The molecule has 1 unspecified atom stereocenters. The molecule has 0 spiro atoms. The van der Waals surface area contributed by atoms with Gasteiger partial charge >= 0.3 is 5.97 Å². The second-order valence-corrected chi connectivity index (χ2v) is 5.11. The number of carbonyl (C=O) groups excluding carboxylic acids is 1. The Balaban J connectivity index is 1.99. The van der Waals surface area contributed by atoms with Crippen molar-refractivity contribution in [2.24, 2.45) is 0 Å². The molecule has 1 aliphatic rings. The smallest absolute Gasteiger partial charge is 0.312 e. The number of likely N-dealkylation sites (tertiary alicyclic amines) is 1. The number of esters is 1. The van der Waals surface area contributed by atoms with E-state index in [2.05, 4.69) is 27.0 Å². The van der Waals surface area contributed by atoms with Gasteiger partial charge in [0.05, 0.1) is 19.2 Å². The zero-order valence-corrected chi connectivity index (χ0v) is 10.4. The third-order valence-electron chi connectivity index (χ3n) is 2.90. The van der Waals surface area contributed by atoms with Gasteiger partial charge in [0.25, 0.3) is 0 Å². The Bertz CT molecular complexity index is 378. The normalized spacial score (nSPS) is 21.2. The minimum Gasteiger partial charge on any atom is -0.469 e. The van der Waals surface area contributed by atoms with Crippen molar-refractivity contribution in [1.82, 2.24) is 9.88 Å². The number of rotatable bonds is 3. The van der Waals surface area contributed by atoms with Crippen molar-refractivity contribution in [3.05, 3.63) is 16.1 Å².